The lowest BCUT2D eigenvalue weighted by molar-refractivity contribution is 0.652. The van der Waals surface area contributed by atoms with Gasteiger partial charge >= 0.3 is 0 Å². The van der Waals surface area contributed by atoms with Crippen molar-refractivity contribution in [3.8, 4) is 12.1 Å². The number of nitrogens with zero attached hydrogens (tertiary/aromatic N) is 4. The first kappa shape index (κ1) is 15.2. The van der Waals surface area contributed by atoms with Crippen molar-refractivity contribution in [3.63, 3.8) is 0 Å². The predicted octanol–water partition coefficient (Wildman–Crippen LogP) is 3.41. The number of hydrogen-bond donors (Lipinski definition) is 0. The van der Waals surface area contributed by atoms with E-state index >= 15 is 0 Å². The van der Waals surface area contributed by atoms with Crippen molar-refractivity contribution in [3.05, 3.63) is 58.6 Å². The Kier molecular flexibility index (Phi) is 4.37. The maximum Gasteiger partial charge on any atom is 0.101 e. The van der Waals surface area contributed by atoms with Gasteiger partial charge in [-0.3, -0.25) is 0 Å². The largest absolute Gasteiger partial charge is 0.368 e. The van der Waals surface area contributed by atoms with E-state index in [0.717, 1.165) is 42.6 Å². The predicted molar refractivity (Wildman–Crippen MR) is 91.8 cm³/mol. The van der Waals surface area contributed by atoms with E-state index in [-0.39, 0.29) is 0 Å². The maximum atomic E-state index is 9.32. The SMILES string of the molecule is N#Cc1cccc(C#N)c1N1CCN(c2cccc(Cl)c2)CC1. The second-order valence-electron chi connectivity index (χ2n) is 5.38. The average molecular weight is 323 g/mol. The Morgan fingerprint density at radius 1 is 0.826 bits per heavy atom. The third-order valence-electron chi connectivity index (χ3n) is 4.05. The van der Waals surface area contributed by atoms with Crippen molar-refractivity contribution in [1.82, 2.24) is 0 Å². The highest BCUT2D eigenvalue weighted by Gasteiger charge is 2.22. The van der Waals surface area contributed by atoms with Crippen LogP contribution in [-0.2, 0) is 0 Å². The van der Waals surface area contributed by atoms with Crippen LogP contribution >= 0.6 is 11.6 Å². The number of halogens is 1. The Hall–Kier alpha value is -2.69. The van der Waals surface area contributed by atoms with Crippen LogP contribution in [0.3, 0.4) is 0 Å². The molecule has 0 unspecified atom stereocenters. The lowest BCUT2D eigenvalue weighted by atomic mass is 10.1. The summed E-state index contributed by atoms with van der Waals surface area (Å²) in [5.74, 6) is 0. The molecule has 1 saturated heterocycles. The molecule has 0 atom stereocenters. The first-order chi connectivity index (χ1) is 11.2. The van der Waals surface area contributed by atoms with Crippen LogP contribution in [0.1, 0.15) is 11.1 Å². The molecule has 2 aromatic rings. The molecule has 0 amide bonds. The molecule has 1 fully saturated rings. The number of piperazine rings is 1. The zero-order chi connectivity index (χ0) is 16.2. The molecule has 5 heteroatoms. The van der Waals surface area contributed by atoms with Crippen molar-refractivity contribution in [2.45, 2.75) is 0 Å². The zero-order valence-electron chi connectivity index (χ0n) is 12.5. The minimum Gasteiger partial charge on any atom is -0.368 e. The van der Waals surface area contributed by atoms with Crippen LogP contribution in [-0.4, -0.2) is 26.2 Å². The third-order valence-corrected chi connectivity index (χ3v) is 4.28. The minimum atomic E-state index is 0.556. The lowest BCUT2D eigenvalue weighted by Crippen LogP contribution is -2.47. The van der Waals surface area contributed by atoms with Crippen molar-refractivity contribution < 1.29 is 0 Å². The molecule has 0 saturated carbocycles. The number of anilines is 2. The average Bonchev–Trinajstić information content (AvgIpc) is 2.61. The molecule has 3 rings (SSSR count). The molecule has 0 aliphatic carbocycles. The Morgan fingerprint density at radius 2 is 1.39 bits per heavy atom. The van der Waals surface area contributed by atoms with Crippen LogP contribution in [0.5, 0.6) is 0 Å². The molecule has 0 bridgehead atoms. The molecule has 1 aliphatic heterocycles. The molecule has 23 heavy (non-hydrogen) atoms. The first-order valence-electron chi connectivity index (χ1n) is 7.41. The van der Waals surface area contributed by atoms with Gasteiger partial charge in [0.1, 0.15) is 12.1 Å². The second kappa shape index (κ2) is 6.60. The molecule has 2 aromatic carbocycles. The van der Waals surface area contributed by atoms with E-state index < -0.39 is 0 Å². The quantitative estimate of drug-likeness (QED) is 0.850. The van der Waals surface area contributed by atoms with Crippen LogP contribution in [0, 0.1) is 22.7 Å². The molecule has 0 aromatic heterocycles. The Bertz CT molecular complexity index is 763. The van der Waals surface area contributed by atoms with Crippen molar-refractivity contribution in [2.24, 2.45) is 0 Å². The highest BCUT2D eigenvalue weighted by atomic mass is 35.5. The molecule has 0 spiro atoms. The van der Waals surface area contributed by atoms with Gasteiger partial charge in [-0.05, 0) is 30.3 Å². The second-order valence-corrected chi connectivity index (χ2v) is 5.82. The Labute approximate surface area is 140 Å². The first-order valence-corrected chi connectivity index (χ1v) is 7.79. The van der Waals surface area contributed by atoms with Crippen molar-refractivity contribution in [1.29, 1.82) is 10.5 Å². The van der Waals surface area contributed by atoms with Gasteiger partial charge in [0.05, 0.1) is 16.8 Å². The van der Waals surface area contributed by atoms with Crippen LogP contribution in [0.4, 0.5) is 11.4 Å². The minimum absolute atomic E-state index is 0.556. The third kappa shape index (κ3) is 3.08. The highest BCUT2D eigenvalue weighted by Crippen LogP contribution is 2.27. The summed E-state index contributed by atoms with van der Waals surface area (Å²) in [4.78, 5) is 4.39. The van der Waals surface area contributed by atoms with Gasteiger partial charge in [0, 0.05) is 36.9 Å². The summed E-state index contributed by atoms with van der Waals surface area (Å²) >= 11 is 6.06. The number of rotatable bonds is 2. The van der Waals surface area contributed by atoms with E-state index in [2.05, 4.69) is 21.9 Å². The zero-order valence-corrected chi connectivity index (χ0v) is 13.3. The van der Waals surface area contributed by atoms with E-state index in [9.17, 15) is 10.5 Å². The maximum absolute atomic E-state index is 9.32. The number of hydrogen-bond acceptors (Lipinski definition) is 4. The summed E-state index contributed by atoms with van der Waals surface area (Å²) in [6.45, 7) is 3.18. The van der Waals surface area contributed by atoms with Crippen LogP contribution < -0.4 is 9.80 Å². The van der Waals surface area contributed by atoms with Crippen LogP contribution in [0.25, 0.3) is 0 Å². The van der Waals surface area contributed by atoms with Crippen LogP contribution in [0.15, 0.2) is 42.5 Å². The molecule has 0 radical (unpaired) electrons. The number of benzene rings is 2. The summed E-state index contributed by atoms with van der Waals surface area (Å²) in [5.41, 5.74) is 2.97. The molecular weight excluding hydrogens is 308 g/mol. The normalized spacial score (nSPS) is 14.2. The Morgan fingerprint density at radius 3 is 1.96 bits per heavy atom. The van der Waals surface area contributed by atoms with Gasteiger partial charge in [-0.2, -0.15) is 10.5 Å². The molecule has 0 N–H and O–H groups in total. The summed E-state index contributed by atoms with van der Waals surface area (Å²) in [6, 6.07) is 17.5. The van der Waals surface area contributed by atoms with Crippen LogP contribution in [0.2, 0.25) is 5.02 Å². The molecule has 4 nitrogen and oxygen atoms in total. The van der Waals surface area contributed by atoms with E-state index in [4.69, 9.17) is 11.6 Å². The fraction of sp³-hybridized carbons (Fsp3) is 0.222. The van der Waals surface area contributed by atoms with Crippen molar-refractivity contribution >= 4 is 23.0 Å². The fourth-order valence-corrected chi connectivity index (χ4v) is 3.11. The summed E-state index contributed by atoms with van der Waals surface area (Å²) in [5, 5.41) is 19.4. The molecule has 1 aliphatic rings. The van der Waals surface area contributed by atoms with Gasteiger partial charge in [0.2, 0.25) is 0 Å². The van der Waals surface area contributed by atoms with E-state index in [1.54, 1.807) is 18.2 Å². The molecular formula is C18H15ClN4. The van der Waals surface area contributed by atoms with E-state index in [0.29, 0.717) is 11.1 Å². The summed E-state index contributed by atoms with van der Waals surface area (Å²) in [7, 11) is 0. The monoisotopic (exact) mass is 322 g/mol. The Balaban J connectivity index is 1.80. The van der Waals surface area contributed by atoms with E-state index in [1.807, 2.05) is 24.3 Å². The number of nitriles is 2. The smallest absolute Gasteiger partial charge is 0.101 e. The topological polar surface area (TPSA) is 54.1 Å². The molecule has 114 valence electrons. The van der Waals surface area contributed by atoms with Crippen molar-refractivity contribution in [2.75, 3.05) is 36.0 Å². The fourth-order valence-electron chi connectivity index (χ4n) is 2.93. The van der Waals surface area contributed by atoms with Gasteiger partial charge in [0.15, 0.2) is 0 Å². The summed E-state index contributed by atoms with van der Waals surface area (Å²) in [6.07, 6.45) is 0. The van der Waals surface area contributed by atoms with E-state index in [1.165, 1.54) is 0 Å². The highest BCUT2D eigenvalue weighted by molar-refractivity contribution is 6.30. The molecule has 1 heterocycles. The van der Waals surface area contributed by atoms with Gasteiger partial charge in [-0.1, -0.05) is 23.7 Å². The summed E-state index contributed by atoms with van der Waals surface area (Å²) < 4.78 is 0. The van der Waals surface area contributed by atoms with Gasteiger partial charge in [0.25, 0.3) is 0 Å². The number of para-hydroxylation sites is 1. The van der Waals surface area contributed by atoms with Gasteiger partial charge in [-0.15, -0.1) is 0 Å². The standard InChI is InChI=1S/C18H15ClN4/c19-16-5-2-6-17(11-16)22-7-9-23(10-8-22)18-14(12-20)3-1-4-15(18)13-21/h1-6,11H,7-10H2. The van der Waals surface area contributed by atoms with Gasteiger partial charge < -0.3 is 9.80 Å². The lowest BCUT2D eigenvalue weighted by Gasteiger charge is -2.38. The van der Waals surface area contributed by atoms with Gasteiger partial charge in [-0.25, -0.2) is 0 Å².